The summed E-state index contributed by atoms with van der Waals surface area (Å²) in [6.45, 7) is 3.36. The molecular weight excluding hydrogens is 675 g/mol. The van der Waals surface area contributed by atoms with Crippen LogP contribution in [0.4, 0.5) is 0 Å². The highest BCUT2D eigenvalue weighted by Gasteiger charge is 2.22. The van der Waals surface area contributed by atoms with Gasteiger partial charge in [0.15, 0.2) is 6.10 Å². The highest BCUT2D eigenvalue weighted by atomic mass is 31.2. The van der Waals surface area contributed by atoms with Gasteiger partial charge in [0.05, 0.1) is 6.61 Å². The Hall–Kier alpha value is -3.29. The Morgan fingerprint density at radius 3 is 1.54 bits per heavy atom. The van der Waals surface area contributed by atoms with Crippen LogP contribution in [-0.4, -0.2) is 41.0 Å². The van der Waals surface area contributed by atoms with Crippen molar-refractivity contribution in [2.75, 3.05) is 13.2 Å². The molecule has 0 rings (SSSR count). The monoisotopic (exact) mass is 742 g/mol. The van der Waals surface area contributed by atoms with Gasteiger partial charge in [-0.3, -0.25) is 14.1 Å². The zero-order valence-corrected chi connectivity index (χ0v) is 32.8. The molecule has 0 aromatic carbocycles. The fraction of sp³-hybridized carbons (Fsp3) is 0.535. The van der Waals surface area contributed by atoms with E-state index in [1.165, 1.54) is 0 Å². The number of rotatable bonds is 33. The van der Waals surface area contributed by atoms with E-state index in [9.17, 15) is 14.2 Å². The van der Waals surface area contributed by atoms with Crippen molar-refractivity contribution in [2.45, 2.75) is 136 Å². The highest BCUT2D eigenvalue weighted by Crippen LogP contribution is 2.36. The molecule has 0 aromatic heterocycles. The first-order chi connectivity index (χ1) is 25.3. The van der Waals surface area contributed by atoms with Crippen LogP contribution in [0.5, 0.6) is 0 Å². The molecule has 0 heterocycles. The molecule has 1 atom stereocenters. The molecule has 292 valence electrons. The van der Waals surface area contributed by atoms with Gasteiger partial charge in [0.2, 0.25) is 0 Å². The number of allylic oxidation sites excluding steroid dienone is 18. The third-order valence-electron chi connectivity index (χ3n) is 7.38. The smallest absolute Gasteiger partial charge is 0.462 e. The molecule has 8 nitrogen and oxygen atoms in total. The van der Waals surface area contributed by atoms with Crippen LogP contribution in [0.15, 0.2) is 109 Å². The van der Waals surface area contributed by atoms with Gasteiger partial charge in [0.1, 0.15) is 6.61 Å². The van der Waals surface area contributed by atoms with Crippen LogP contribution >= 0.6 is 7.82 Å². The van der Waals surface area contributed by atoms with Gasteiger partial charge in [-0.25, -0.2) is 4.57 Å². The molecule has 0 aliphatic rings. The first kappa shape index (κ1) is 48.7. The molecule has 0 unspecified atom stereocenters. The lowest BCUT2D eigenvalue weighted by Crippen LogP contribution is -2.29. The van der Waals surface area contributed by atoms with E-state index < -0.39 is 32.5 Å². The summed E-state index contributed by atoms with van der Waals surface area (Å²) in [6, 6.07) is 0. The van der Waals surface area contributed by atoms with Gasteiger partial charge in [-0.15, -0.1) is 0 Å². The molecule has 0 aliphatic heterocycles. The lowest BCUT2D eigenvalue weighted by Gasteiger charge is -2.18. The summed E-state index contributed by atoms with van der Waals surface area (Å²) in [4.78, 5) is 42.8. The molecule has 52 heavy (non-hydrogen) atoms. The average Bonchev–Trinajstić information content (AvgIpc) is 3.11. The number of esters is 2. The Kier molecular flexibility index (Phi) is 35.1. The molecule has 0 bridgehead atoms. The van der Waals surface area contributed by atoms with Crippen molar-refractivity contribution in [3.8, 4) is 0 Å². The van der Waals surface area contributed by atoms with Crippen LogP contribution in [0.3, 0.4) is 0 Å². The summed E-state index contributed by atoms with van der Waals surface area (Å²) in [5.41, 5.74) is 0. The topological polar surface area (TPSA) is 119 Å². The Balaban J connectivity index is 4.10. The summed E-state index contributed by atoms with van der Waals surface area (Å²) < 4.78 is 26.3. The maximum absolute atomic E-state index is 12.4. The number of hydrogen-bond donors (Lipinski definition) is 2. The SMILES string of the molecule is CC/C=C/C=C/C=C/C=C/CCCCCCCC(=O)O[C@H](COC(=O)CCCCC/C=C/C/C=C/C/C=C/C/C=C/C/C=C/CC)COP(=O)(O)O. The third-order valence-corrected chi connectivity index (χ3v) is 7.87. The number of carbonyl (C=O) groups is 2. The van der Waals surface area contributed by atoms with Crippen LogP contribution in [0.2, 0.25) is 0 Å². The van der Waals surface area contributed by atoms with Crippen LogP contribution in [0.25, 0.3) is 0 Å². The van der Waals surface area contributed by atoms with E-state index >= 15 is 0 Å². The number of phosphoric ester groups is 1. The van der Waals surface area contributed by atoms with Gasteiger partial charge in [0, 0.05) is 12.8 Å². The maximum Gasteiger partial charge on any atom is 0.469 e. The van der Waals surface area contributed by atoms with Crippen molar-refractivity contribution in [1.29, 1.82) is 0 Å². The maximum atomic E-state index is 12.4. The zero-order chi connectivity index (χ0) is 38.2. The molecule has 9 heteroatoms. The number of ether oxygens (including phenoxy) is 2. The van der Waals surface area contributed by atoms with E-state index in [2.05, 4.69) is 91.3 Å². The minimum absolute atomic E-state index is 0.171. The average molecular weight is 743 g/mol. The van der Waals surface area contributed by atoms with Gasteiger partial charge < -0.3 is 19.3 Å². The molecule has 0 spiro atoms. The highest BCUT2D eigenvalue weighted by molar-refractivity contribution is 7.46. The summed E-state index contributed by atoms with van der Waals surface area (Å²) in [7, 11) is -4.78. The van der Waals surface area contributed by atoms with Crippen LogP contribution in [0.1, 0.15) is 129 Å². The van der Waals surface area contributed by atoms with E-state index in [1.807, 2.05) is 36.5 Å². The predicted molar refractivity (Wildman–Crippen MR) is 216 cm³/mol. The number of phosphoric acid groups is 1. The van der Waals surface area contributed by atoms with E-state index in [-0.39, 0.29) is 19.4 Å². The van der Waals surface area contributed by atoms with Crippen molar-refractivity contribution in [3.05, 3.63) is 109 Å². The molecule has 2 N–H and O–H groups in total. The summed E-state index contributed by atoms with van der Waals surface area (Å²) in [5, 5.41) is 0. The van der Waals surface area contributed by atoms with E-state index in [1.54, 1.807) is 0 Å². The second-order valence-corrected chi connectivity index (χ2v) is 13.5. The summed E-state index contributed by atoms with van der Waals surface area (Å²) in [6.07, 6.45) is 52.3. The van der Waals surface area contributed by atoms with Crippen LogP contribution in [-0.2, 0) is 28.2 Å². The second kappa shape index (κ2) is 37.5. The fourth-order valence-electron chi connectivity index (χ4n) is 4.58. The molecule has 0 aromatic rings. The molecule has 0 fully saturated rings. The largest absolute Gasteiger partial charge is 0.469 e. The summed E-state index contributed by atoms with van der Waals surface area (Å²) >= 11 is 0. The Morgan fingerprint density at radius 1 is 0.519 bits per heavy atom. The molecule has 0 saturated heterocycles. The lowest BCUT2D eigenvalue weighted by atomic mass is 10.1. The van der Waals surface area contributed by atoms with Gasteiger partial charge in [0.25, 0.3) is 0 Å². The first-order valence-corrected chi connectivity index (χ1v) is 20.8. The van der Waals surface area contributed by atoms with E-state index in [0.717, 1.165) is 89.9 Å². The lowest BCUT2D eigenvalue weighted by molar-refractivity contribution is -0.161. The Bertz CT molecular complexity index is 1200. The van der Waals surface area contributed by atoms with Crippen molar-refractivity contribution in [3.63, 3.8) is 0 Å². The van der Waals surface area contributed by atoms with Crippen molar-refractivity contribution >= 4 is 19.8 Å². The normalized spacial score (nSPS) is 13.7. The summed E-state index contributed by atoms with van der Waals surface area (Å²) in [5.74, 6) is -0.964. The number of carbonyl (C=O) groups excluding carboxylic acids is 2. The van der Waals surface area contributed by atoms with Gasteiger partial charge in [-0.1, -0.05) is 149 Å². The van der Waals surface area contributed by atoms with E-state index in [0.29, 0.717) is 12.8 Å². The predicted octanol–water partition coefficient (Wildman–Crippen LogP) is 11.6. The van der Waals surface area contributed by atoms with Crippen LogP contribution in [0, 0.1) is 0 Å². The fourth-order valence-corrected chi connectivity index (χ4v) is 4.94. The minimum Gasteiger partial charge on any atom is -0.462 e. The van der Waals surface area contributed by atoms with E-state index in [4.69, 9.17) is 19.3 Å². The van der Waals surface area contributed by atoms with Gasteiger partial charge >= 0.3 is 19.8 Å². The van der Waals surface area contributed by atoms with Gasteiger partial charge in [-0.2, -0.15) is 0 Å². The number of hydrogen-bond acceptors (Lipinski definition) is 6. The van der Waals surface area contributed by atoms with Crippen molar-refractivity contribution in [2.24, 2.45) is 0 Å². The van der Waals surface area contributed by atoms with Crippen molar-refractivity contribution in [1.82, 2.24) is 0 Å². The first-order valence-electron chi connectivity index (χ1n) is 19.2. The number of unbranched alkanes of at least 4 members (excludes halogenated alkanes) is 8. The molecule has 0 aliphatic carbocycles. The standard InChI is InChI=1S/C43H67O8P/c1-3-5-7-9-11-13-15-17-19-20-21-22-24-25-27-29-31-33-35-37-42(44)49-39-41(40-50-52(46,47)48)51-43(45)38-36-34-32-30-28-26-23-18-16-14-12-10-8-6-4-2/h5-8,10-14,16-19,21-23,25,27,41H,3-4,9,15,20,24,26,28-40H2,1-2H3,(H2,46,47,48)/b7-5+,8-6+,12-10+,13-11+,16-14+,19-17+,22-21+,23-18+,27-25+/t41-/m1/s1. The second-order valence-electron chi connectivity index (χ2n) is 12.2. The Labute approximate surface area is 315 Å². The minimum atomic E-state index is -4.78. The molecular formula is C43H67O8P. The van der Waals surface area contributed by atoms with Crippen molar-refractivity contribution < 1.29 is 37.9 Å². The molecule has 0 radical (unpaired) electrons. The van der Waals surface area contributed by atoms with Gasteiger partial charge in [-0.05, 0) is 77.0 Å². The molecule has 0 amide bonds. The Morgan fingerprint density at radius 2 is 0.962 bits per heavy atom. The third kappa shape index (κ3) is 39.5. The zero-order valence-electron chi connectivity index (χ0n) is 31.9. The van der Waals surface area contributed by atoms with Crippen LogP contribution < -0.4 is 0 Å². The molecule has 0 saturated carbocycles. The quantitative estimate of drug-likeness (QED) is 0.0224.